The highest BCUT2D eigenvalue weighted by Gasteiger charge is 2.26. The number of nitrogens with zero attached hydrogens (tertiary/aromatic N) is 1. The number of piperidine rings is 1. The van der Waals surface area contributed by atoms with Crippen LogP contribution in [-0.2, 0) is 4.74 Å². The molecule has 0 aromatic rings. The first kappa shape index (κ1) is 13.3. The number of carbonyl (C=O) groups is 1. The standard InChI is InChI=1S/C12H24N2O2/c1-12(2,3)16-11(15)14-8-5-10(4-7-13)6-9-14/h10H,4-9,13H2,1-3H3/p+1. The molecule has 0 bridgehead atoms. The topological polar surface area (TPSA) is 57.2 Å². The third-order valence-electron chi connectivity index (χ3n) is 2.88. The van der Waals surface area contributed by atoms with E-state index in [2.05, 4.69) is 5.73 Å². The molecule has 0 aromatic carbocycles. The van der Waals surface area contributed by atoms with Crippen molar-refractivity contribution in [1.82, 2.24) is 4.90 Å². The zero-order chi connectivity index (χ0) is 12.2. The van der Waals surface area contributed by atoms with E-state index < -0.39 is 0 Å². The van der Waals surface area contributed by atoms with E-state index in [1.807, 2.05) is 25.7 Å². The normalized spacial score (nSPS) is 18.6. The lowest BCUT2D eigenvalue weighted by molar-refractivity contribution is -0.370. The maximum absolute atomic E-state index is 11.8. The Morgan fingerprint density at radius 1 is 1.38 bits per heavy atom. The molecule has 1 saturated heterocycles. The van der Waals surface area contributed by atoms with E-state index in [1.54, 1.807) is 0 Å². The molecule has 0 atom stereocenters. The lowest BCUT2D eigenvalue weighted by Crippen LogP contribution is -2.51. The molecule has 0 aliphatic carbocycles. The summed E-state index contributed by atoms with van der Waals surface area (Å²) in [4.78, 5) is 13.6. The van der Waals surface area contributed by atoms with Crippen LogP contribution in [0.5, 0.6) is 0 Å². The molecule has 1 aliphatic heterocycles. The van der Waals surface area contributed by atoms with Crippen molar-refractivity contribution in [2.24, 2.45) is 5.92 Å². The Kier molecular flexibility index (Phi) is 4.59. The number of hydrogen-bond acceptors (Lipinski definition) is 2. The summed E-state index contributed by atoms with van der Waals surface area (Å²) in [5.74, 6) is 0.746. The highest BCUT2D eigenvalue weighted by molar-refractivity contribution is 5.68. The summed E-state index contributed by atoms with van der Waals surface area (Å²) in [5, 5.41) is 0. The van der Waals surface area contributed by atoms with E-state index in [9.17, 15) is 4.79 Å². The fourth-order valence-electron chi connectivity index (χ4n) is 2.02. The van der Waals surface area contributed by atoms with Crippen molar-refractivity contribution in [3.05, 3.63) is 0 Å². The fourth-order valence-corrected chi connectivity index (χ4v) is 2.02. The summed E-state index contributed by atoms with van der Waals surface area (Å²) < 4.78 is 5.35. The minimum atomic E-state index is -0.388. The average Bonchev–Trinajstić information content (AvgIpc) is 2.16. The van der Waals surface area contributed by atoms with Crippen molar-refractivity contribution in [2.45, 2.75) is 45.6 Å². The van der Waals surface area contributed by atoms with Crippen LogP contribution in [0, 0.1) is 5.92 Å². The summed E-state index contributed by atoms with van der Waals surface area (Å²) in [7, 11) is 0. The van der Waals surface area contributed by atoms with E-state index in [0.29, 0.717) is 0 Å². The maximum atomic E-state index is 11.8. The number of carbonyl (C=O) groups excluding carboxylic acids is 1. The van der Waals surface area contributed by atoms with Crippen LogP contribution in [0.4, 0.5) is 4.79 Å². The second-order valence-corrected chi connectivity index (χ2v) is 5.55. The van der Waals surface area contributed by atoms with Gasteiger partial charge in [0.1, 0.15) is 5.60 Å². The Morgan fingerprint density at radius 2 is 1.94 bits per heavy atom. The Balaban J connectivity index is 2.33. The number of rotatable bonds is 2. The SMILES string of the molecule is CC(C)(C)OC(=O)N1CCC(CC[NH3+])CC1. The Hall–Kier alpha value is -0.770. The molecule has 1 rings (SSSR count). The maximum Gasteiger partial charge on any atom is 0.410 e. The summed E-state index contributed by atoms with van der Waals surface area (Å²) in [5.41, 5.74) is 3.49. The van der Waals surface area contributed by atoms with E-state index in [-0.39, 0.29) is 11.7 Å². The van der Waals surface area contributed by atoms with Crippen molar-refractivity contribution >= 4 is 6.09 Å². The van der Waals surface area contributed by atoms with Crippen molar-refractivity contribution in [3.8, 4) is 0 Å². The van der Waals surface area contributed by atoms with E-state index >= 15 is 0 Å². The molecule has 16 heavy (non-hydrogen) atoms. The van der Waals surface area contributed by atoms with Gasteiger partial charge in [0.25, 0.3) is 0 Å². The van der Waals surface area contributed by atoms with Gasteiger partial charge in [0.15, 0.2) is 0 Å². The number of ether oxygens (including phenoxy) is 1. The number of hydrogen-bond donors (Lipinski definition) is 1. The average molecular weight is 229 g/mol. The van der Waals surface area contributed by atoms with Crippen LogP contribution in [0.3, 0.4) is 0 Å². The lowest BCUT2D eigenvalue weighted by atomic mass is 9.94. The molecular formula is C12H25N2O2+. The lowest BCUT2D eigenvalue weighted by Gasteiger charge is -2.33. The Morgan fingerprint density at radius 3 is 2.38 bits per heavy atom. The van der Waals surface area contributed by atoms with Gasteiger partial charge in [-0.25, -0.2) is 4.79 Å². The second kappa shape index (κ2) is 5.53. The molecular weight excluding hydrogens is 204 g/mol. The smallest absolute Gasteiger partial charge is 0.410 e. The zero-order valence-corrected chi connectivity index (χ0v) is 10.8. The molecule has 4 nitrogen and oxygen atoms in total. The molecule has 0 radical (unpaired) electrons. The first-order valence-corrected chi connectivity index (χ1v) is 6.19. The minimum Gasteiger partial charge on any atom is -0.444 e. The molecule has 1 fully saturated rings. The highest BCUT2D eigenvalue weighted by atomic mass is 16.6. The number of likely N-dealkylation sites (tertiary alicyclic amines) is 1. The summed E-state index contributed by atoms with van der Waals surface area (Å²) in [6.45, 7) is 8.37. The molecule has 1 heterocycles. The van der Waals surface area contributed by atoms with Gasteiger partial charge in [0.05, 0.1) is 6.54 Å². The van der Waals surface area contributed by atoms with Crippen LogP contribution < -0.4 is 5.73 Å². The monoisotopic (exact) mass is 229 g/mol. The van der Waals surface area contributed by atoms with Crippen LogP contribution in [0.1, 0.15) is 40.0 Å². The van der Waals surface area contributed by atoms with Gasteiger partial charge in [-0.2, -0.15) is 0 Å². The molecule has 4 heteroatoms. The highest BCUT2D eigenvalue weighted by Crippen LogP contribution is 2.21. The van der Waals surface area contributed by atoms with Gasteiger partial charge in [-0.15, -0.1) is 0 Å². The summed E-state index contributed by atoms with van der Waals surface area (Å²) in [6, 6.07) is 0. The summed E-state index contributed by atoms with van der Waals surface area (Å²) in [6.07, 6.45) is 3.20. The van der Waals surface area contributed by atoms with Gasteiger partial charge in [-0.3, -0.25) is 0 Å². The fraction of sp³-hybridized carbons (Fsp3) is 0.917. The molecule has 0 unspecified atom stereocenters. The van der Waals surface area contributed by atoms with Gasteiger partial charge < -0.3 is 15.4 Å². The van der Waals surface area contributed by atoms with Crippen molar-refractivity contribution in [1.29, 1.82) is 0 Å². The van der Waals surface area contributed by atoms with Gasteiger partial charge in [0.2, 0.25) is 0 Å². The quantitative estimate of drug-likeness (QED) is 0.775. The molecule has 94 valence electrons. The summed E-state index contributed by atoms with van der Waals surface area (Å²) >= 11 is 0. The minimum absolute atomic E-state index is 0.166. The third-order valence-corrected chi connectivity index (χ3v) is 2.88. The second-order valence-electron chi connectivity index (χ2n) is 5.55. The van der Waals surface area contributed by atoms with Gasteiger partial charge in [-0.05, 0) is 46.0 Å². The largest absolute Gasteiger partial charge is 0.444 e. The zero-order valence-electron chi connectivity index (χ0n) is 10.8. The van der Waals surface area contributed by atoms with Gasteiger partial charge in [0, 0.05) is 13.1 Å². The molecule has 0 spiro atoms. The van der Waals surface area contributed by atoms with Gasteiger partial charge >= 0.3 is 6.09 Å². The third kappa shape index (κ3) is 4.39. The van der Waals surface area contributed by atoms with Crippen LogP contribution in [-0.4, -0.2) is 36.2 Å². The predicted molar refractivity (Wildman–Crippen MR) is 62.9 cm³/mol. The predicted octanol–water partition coefficient (Wildman–Crippen LogP) is 1.27. The van der Waals surface area contributed by atoms with Crippen LogP contribution in [0.2, 0.25) is 0 Å². The Labute approximate surface area is 98.1 Å². The van der Waals surface area contributed by atoms with Crippen molar-refractivity contribution in [2.75, 3.05) is 19.6 Å². The molecule has 1 aliphatic rings. The van der Waals surface area contributed by atoms with E-state index in [1.165, 1.54) is 6.42 Å². The molecule has 0 aromatic heterocycles. The van der Waals surface area contributed by atoms with Crippen LogP contribution in [0.15, 0.2) is 0 Å². The van der Waals surface area contributed by atoms with Gasteiger partial charge in [-0.1, -0.05) is 0 Å². The van der Waals surface area contributed by atoms with Crippen LogP contribution in [0.25, 0.3) is 0 Å². The van der Waals surface area contributed by atoms with Crippen molar-refractivity contribution < 1.29 is 15.3 Å². The molecule has 1 amide bonds. The molecule has 0 saturated carbocycles. The van der Waals surface area contributed by atoms with E-state index in [4.69, 9.17) is 4.74 Å². The first-order valence-electron chi connectivity index (χ1n) is 6.19. The number of quaternary nitrogens is 1. The van der Waals surface area contributed by atoms with Crippen molar-refractivity contribution in [3.63, 3.8) is 0 Å². The molecule has 3 N–H and O–H groups in total. The van der Waals surface area contributed by atoms with Crippen LogP contribution >= 0.6 is 0 Å². The first-order chi connectivity index (χ1) is 7.42. The van der Waals surface area contributed by atoms with E-state index in [0.717, 1.165) is 38.4 Å². The number of amides is 1. The Bertz CT molecular complexity index is 228.